The van der Waals surface area contributed by atoms with Gasteiger partial charge in [0.25, 0.3) is 5.91 Å². The summed E-state index contributed by atoms with van der Waals surface area (Å²) in [7, 11) is 0. The summed E-state index contributed by atoms with van der Waals surface area (Å²) < 4.78 is 0. The number of amides is 2. The fourth-order valence-corrected chi connectivity index (χ4v) is 5.18. The topological polar surface area (TPSA) is 118 Å². The van der Waals surface area contributed by atoms with Crippen LogP contribution >= 0.6 is 0 Å². The minimum absolute atomic E-state index is 0.0260. The molecule has 3 aromatic rings. The number of primary amides is 1. The first-order chi connectivity index (χ1) is 16.4. The minimum Gasteiger partial charge on any atom is -0.366 e. The van der Waals surface area contributed by atoms with Gasteiger partial charge in [-0.05, 0) is 54.7 Å². The van der Waals surface area contributed by atoms with Gasteiger partial charge in [-0.15, -0.1) is 0 Å². The number of likely N-dealkylation sites (tertiary alicyclic amines) is 1. The molecule has 2 amide bonds. The highest BCUT2D eigenvalue weighted by Crippen LogP contribution is 2.57. The van der Waals surface area contributed by atoms with Crippen LogP contribution in [0.25, 0.3) is 11.1 Å². The van der Waals surface area contributed by atoms with Crippen molar-refractivity contribution in [1.82, 2.24) is 14.9 Å². The third-order valence-corrected chi connectivity index (χ3v) is 7.29. The number of anilines is 2. The number of aromatic nitrogens is 2. The Balaban J connectivity index is 1.31. The molecular weight excluding hydrogens is 428 g/mol. The molecule has 3 heterocycles. The molecule has 2 aliphatic heterocycles. The molecule has 2 fully saturated rings. The van der Waals surface area contributed by atoms with E-state index in [2.05, 4.69) is 20.9 Å². The first-order valence-corrected chi connectivity index (χ1v) is 11.6. The van der Waals surface area contributed by atoms with Crippen molar-refractivity contribution in [3.05, 3.63) is 71.5 Å². The Bertz CT molecular complexity index is 1300. The molecule has 1 atom stereocenters. The molecule has 2 aromatic carbocycles. The Morgan fingerprint density at radius 3 is 2.47 bits per heavy atom. The number of carbonyl (C=O) groups is 2. The van der Waals surface area contributed by atoms with Crippen LogP contribution in [0.1, 0.15) is 45.5 Å². The molecule has 0 bridgehead atoms. The fraction of sp³-hybridized carbons (Fsp3) is 0.308. The van der Waals surface area contributed by atoms with Crippen LogP contribution in [0.3, 0.4) is 0 Å². The van der Waals surface area contributed by atoms with E-state index in [1.54, 1.807) is 30.6 Å². The summed E-state index contributed by atoms with van der Waals surface area (Å²) in [6, 6.07) is 13.2. The molecular formula is C26H26N6O2. The molecule has 3 aliphatic rings. The van der Waals surface area contributed by atoms with Gasteiger partial charge in [0.1, 0.15) is 0 Å². The summed E-state index contributed by atoms with van der Waals surface area (Å²) in [6.07, 6.45) is 6.63. The van der Waals surface area contributed by atoms with E-state index in [4.69, 9.17) is 11.5 Å². The maximum absolute atomic E-state index is 13.1. The standard InChI is InChI=1S/C26H26N6O2/c27-20-6-9-31(14-20)24(34)18-4-5-21-22(11-18)32(15-26(21)7-8-26)25-29-12-19(13-30-25)16-2-1-3-17(10-16)23(28)33/h1-5,10-13,20H,6-9,14-15,27H2,(H2,28,33)/t20-/m1/s1. The molecule has 1 saturated heterocycles. The van der Waals surface area contributed by atoms with Gasteiger partial charge < -0.3 is 21.3 Å². The summed E-state index contributed by atoms with van der Waals surface area (Å²) in [5.74, 6) is 0.162. The SMILES string of the molecule is NC(=O)c1cccc(-c2cnc(N3CC4(CC4)c4ccc(C(=O)N5CC[C@@H](N)C5)cc43)nc2)c1. The minimum atomic E-state index is -0.468. The van der Waals surface area contributed by atoms with Gasteiger partial charge >= 0.3 is 0 Å². The number of rotatable bonds is 4. The van der Waals surface area contributed by atoms with Crippen LogP contribution < -0.4 is 16.4 Å². The third-order valence-electron chi connectivity index (χ3n) is 7.29. The van der Waals surface area contributed by atoms with Crippen molar-refractivity contribution in [2.24, 2.45) is 11.5 Å². The van der Waals surface area contributed by atoms with Crippen LogP contribution in [-0.2, 0) is 5.41 Å². The third kappa shape index (κ3) is 3.42. The van der Waals surface area contributed by atoms with E-state index in [1.807, 2.05) is 23.1 Å². The predicted molar refractivity (Wildman–Crippen MR) is 129 cm³/mol. The summed E-state index contributed by atoms with van der Waals surface area (Å²) in [5, 5.41) is 0. The summed E-state index contributed by atoms with van der Waals surface area (Å²) >= 11 is 0. The highest BCUT2D eigenvalue weighted by Gasteiger charge is 2.52. The van der Waals surface area contributed by atoms with Crippen LogP contribution in [-0.4, -0.2) is 52.4 Å². The van der Waals surface area contributed by atoms with Gasteiger partial charge in [0.15, 0.2) is 0 Å². The lowest BCUT2D eigenvalue weighted by Crippen LogP contribution is -2.31. The number of nitrogens with two attached hydrogens (primary N) is 2. The Morgan fingerprint density at radius 2 is 1.79 bits per heavy atom. The molecule has 1 aromatic heterocycles. The van der Waals surface area contributed by atoms with Gasteiger partial charge in [-0.2, -0.15) is 0 Å². The summed E-state index contributed by atoms with van der Waals surface area (Å²) in [5.41, 5.74) is 16.6. The molecule has 0 radical (unpaired) electrons. The number of hydrogen-bond acceptors (Lipinski definition) is 6. The van der Waals surface area contributed by atoms with Crippen molar-refractivity contribution in [3.8, 4) is 11.1 Å². The molecule has 6 rings (SSSR count). The highest BCUT2D eigenvalue weighted by atomic mass is 16.2. The van der Waals surface area contributed by atoms with Crippen LogP contribution in [0, 0.1) is 0 Å². The number of nitrogens with zero attached hydrogens (tertiary/aromatic N) is 4. The van der Waals surface area contributed by atoms with Crippen molar-refractivity contribution in [1.29, 1.82) is 0 Å². The first-order valence-electron chi connectivity index (χ1n) is 11.6. The van der Waals surface area contributed by atoms with Gasteiger partial charge in [-0.1, -0.05) is 18.2 Å². The second-order valence-corrected chi connectivity index (χ2v) is 9.62. The molecule has 1 aliphatic carbocycles. The Labute approximate surface area is 197 Å². The van der Waals surface area contributed by atoms with Crippen molar-refractivity contribution in [2.45, 2.75) is 30.7 Å². The van der Waals surface area contributed by atoms with Gasteiger partial charge in [0.05, 0.1) is 0 Å². The van der Waals surface area contributed by atoms with E-state index >= 15 is 0 Å². The van der Waals surface area contributed by atoms with E-state index in [9.17, 15) is 9.59 Å². The second kappa shape index (κ2) is 7.63. The van der Waals surface area contributed by atoms with Crippen molar-refractivity contribution in [3.63, 3.8) is 0 Å². The smallest absolute Gasteiger partial charge is 0.253 e. The lowest BCUT2D eigenvalue weighted by molar-refractivity contribution is 0.0790. The van der Waals surface area contributed by atoms with Crippen molar-refractivity contribution >= 4 is 23.5 Å². The quantitative estimate of drug-likeness (QED) is 0.626. The average Bonchev–Trinajstić information content (AvgIpc) is 3.40. The van der Waals surface area contributed by atoms with E-state index in [-0.39, 0.29) is 17.4 Å². The normalized spacial score (nSPS) is 20.0. The number of carbonyl (C=O) groups excluding carboxylic acids is 2. The maximum atomic E-state index is 13.1. The average molecular weight is 455 g/mol. The van der Waals surface area contributed by atoms with Crippen molar-refractivity contribution < 1.29 is 9.59 Å². The summed E-state index contributed by atoms with van der Waals surface area (Å²) in [4.78, 5) is 37.9. The van der Waals surface area contributed by atoms with Gasteiger partial charge in [0, 0.05) is 65.9 Å². The van der Waals surface area contributed by atoms with Crippen molar-refractivity contribution in [2.75, 3.05) is 24.5 Å². The molecule has 34 heavy (non-hydrogen) atoms. The molecule has 0 unspecified atom stereocenters. The molecule has 8 nitrogen and oxygen atoms in total. The number of fused-ring (bicyclic) bond motifs is 2. The number of hydrogen-bond donors (Lipinski definition) is 2. The lowest BCUT2D eigenvalue weighted by Gasteiger charge is -2.20. The van der Waals surface area contributed by atoms with Crippen LogP contribution in [0.4, 0.5) is 11.6 Å². The largest absolute Gasteiger partial charge is 0.366 e. The van der Waals surface area contributed by atoms with E-state index in [0.717, 1.165) is 42.6 Å². The van der Waals surface area contributed by atoms with E-state index < -0.39 is 5.91 Å². The zero-order valence-corrected chi connectivity index (χ0v) is 18.8. The fourth-order valence-electron chi connectivity index (χ4n) is 5.18. The number of benzene rings is 2. The zero-order chi connectivity index (χ0) is 23.4. The molecule has 1 saturated carbocycles. The van der Waals surface area contributed by atoms with Gasteiger partial charge in [0.2, 0.25) is 11.9 Å². The molecule has 4 N–H and O–H groups in total. The Hall–Kier alpha value is -3.78. The first kappa shape index (κ1) is 20.8. The maximum Gasteiger partial charge on any atom is 0.253 e. The highest BCUT2D eigenvalue weighted by molar-refractivity contribution is 5.96. The monoisotopic (exact) mass is 454 g/mol. The summed E-state index contributed by atoms with van der Waals surface area (Å²) in [6.45, 7) is 2.11. The van der Waals surface area contributed by atoms with Crippen LogP contribution in [0.15, 0.2) is 54.9 Å². The molecule has 8 heteroatoms. The van der Waals surface area contributed by atoms with Crippen LogP contribution in [0.5, 0.6) is 0 Å². The predicted octanol–water partition coefficient (Wildman–Crippen LogP) is 2.60. The Kier molecular flexibility index (Phi) is 4.67. The van der Waals surface area contributed by atoms with Gasteiger partial charge in [-0.3, -0.25) is 9.59 Å². The molecule has 1 spiro atoms. The molecule has 172 valence electrons. The van der Waals surface area contributed by atoms with Gasteiger partial charge in [-0.25, -0.2) is 9.97 Å². The van der Waals surface area contributed by atoms with E-state index in [1.165, 1.54) is 5.56 Å². The second-order valence-electron chi connectivity index (χ2n) is 9.62. The van der Waals surface area contributed by atoms with E-state index in [0.29, 0.717) is 30.2 Å². The lowest BCUT2D eigenvalue weighted by atomic mass is 9.97. The zero-order valence-electron chi connectivity index (χ0n) is 18.8. The van der Waals surface area contributed by atoms with Crippen LogP contribution in [0.2, 0.25) is 0 Å². The Morgan fingerprint density at radius 1 is 1.00 bits per heavy atom.